The molecule has 1 amide bonds. The third kappa shape index (κ3) is 6.18. The first kappa shape index (κ1) is 20.6. The van der Waals surface area contributed by atoms with Crippen molar-refractivity contribution >= 4 is 35.0 Å². The first-order chi connectivity index (χ1) is 12.9. The largest absolute Gasteiger partial charge is 0.467 e. The highest BCUT2D eigenvalue weighted by atomic mass is 35.5. The molecule has 0 radical (unpaired) electrons. The summed E-state index contributed by atoms with van der Waals surface area (Å²) >= 11 is 6.23. The van der Waals surface area contributed by atoms with Gasteiger partial charge in [0.25, 0.3) is 0 Å². The molecule has 0 heterocycles. The standard InChI is InChI=1S/C20H23ClN2O4/c1-13(2)12-27-20(25)23-15-8-6-7-14(11-15)22-18(19(24)26-3)16-9-4-5-10-17(16)21/h4-11,13,18,22H,12H2,1-3H3,(H,23,25). The van der Waals surface area contributed by atoms with Crippen LogP contribution in [0.3, 0.4) is 0 Å². The summed E-state index contributed by atoms with van der Waals surface area (Å²) in [5, 5.41) is 6.21. The van der Waals surface area contributed by atoms with E-state index in [1.807, 2.05) is 13.8 Å². The lowest BCUT2D eigenvalue weighted by atomic mass is 10.1. The van der Waals surface area contributed by atoms with E-state index in [0.717, 1.165) is 0 Å². The first-order valence-corrected chi connectivity index (χ1v) is 8.91. The van der Waals surface area contributed by atoms with Crippen molar-refractivity contribution in [2.75, 3.05) is 24.4 Å². The van der Waals surface area contributed by atoms with Gasteiger partial charge in [0.05, 0.1) is 13.7 Å². The Hall–Kier alpha value is -2.73. The predicted molar refractivity (Wildman–Crippen MR) is 106 cm³/mol. The lowest BCUT2D eigenvalue weighted by molar-refractivity contribution is -0.141. The van der Waals surface area contributed by atoms with Crippen molar-refractivity contribution in [1.29, 1.82) is 0 Å². The van der Waals surface area contributed by atoms with Gasteiger partial charge >= 0.3 is 12.1 Å². The molecule has 0 spiro atoms. The lowest BCUT2D eigenvalue weighted by Crippen LogP contribution is -2.23. The van der Waals surface area contributed by atoms with Gasteiger partial charge in [-0.05, 0) is 30.2 Å². The van der Waals surface area contributed by atoms with Crippen LogP contribution in [0.15, 0.2) is 48.5 Å². The molecule has 0 saturated heterocycles. The Labute approximate surface area is 163 Å². The van der Waals surface area contributed by atoms with Gasteiger partial charge in [0, 0.05) is 22.0 Å². The maximum Gasteiger partial charge on any atom is 0.411 e. The van der Waals surface area contributed by atoms with Crippen LogP contribution in [0, 0.1) is 5.92 Å². The van der Waals surface area contributed by atoms with Gasteiger partial charge in [0.1, 0.15) is 0 Å². The van der Waals surface area contributed by atoms with Gasteiger partial charge in [0.2, 0.25) is 0 Å². The summed E-state index contributed by atoms with van der Waals surface area (Å²) < 4.78 is 10.0. The predicted octanol–water partition coefficient (Wildman–Crippen LogP) is 4.87. The number of nitrogens with one attached hydrogen (secondary N) is 2. The highest BCUT2D eigenvalue weighted by Gasteiger charge is 2.23. The van der Waals surface area contributed by atoms with Gasteiger partial charge < -0.3 is 14.8 Å². The monoisotopic (exact) mass is 390 g/mol. The molecular weight excluding hydrogens is 368 g/mol. The van der Waals surface area contributed by atoms with E-state index < -0.39 is 18.1 Å². The second-order valence-electron chi connectivity index (χ2n) is 6.32. The Morgan fingerprint density at radius 3 is 2.44 bits per heavy atom. The molecule has 2 aromatic rings. The molecular formula is C20H23ClN2O4. The number of rotatable bonds is 7. The number of amides is 1. The maximum absolute atomic E-state index is 12.2. The van der Waals surface area contributed by atoms with E-state index in [-0.39, 0.29) is 5.92 Å². The van der Waals surface area contributed by atoms with Crippen LogP contribution >= 0.6 is 11.6 Å². The molecule has 0 aliphatic carbocycles. The van der Waals surface area contributed by atoms with Crippen molar-refractivity contribution < 1.29 is 19.1 Å². The number of benzene rings is 2. The van der Waals surface area contributed by atoms with Crippen molar-refractivity contribution in [2.24, 2.45) is 5.92 Å². The van der Waals surface area contributed by atoms with Gasteiger partial charge in [0.15, 0.2) is 6.04 Å². The van der Waals surface area contributed by atoms with Crippen molar-refractivity contribution in [2.45, 2.75) is 19.9 Å². The van der Waals surface area contributed by atoms with E-state index in [0.29, 0.717) is 28.6 Å². The molecule has 0 aliphatic heterocycles. The van der Waals surface area contributed by atoms with Crippen LogP contribution in [-0.4, -0.2) is 25.8 Å². The van der Waals surface area contributed by atoms with Gasteiger partial charge in [-0.3, -0.25) is 5.32 Å². The number of anilines is 2. The highest BCUT2D eigenvalue weighted by Crippen LogP contribution is 2.28. The van der Waals surface area contributed by atoms with Crippen molar-refractivity contribution in [3.05, 3.63) is 59.1 Å². The summed E-state index contributed by atoms with van der Waals surface area (Å²) in [7, 11) is 1.32. The fourth-order valence-electron chi connectivity index (χ4n) is 2.34. The van der Waals surface area contributed by atoms with E-state index in [4.69, 9.17) is 21.1 Å². The quantitative estimate of drug-likeness (QED) is 0.659. The number of carbonyl (C=O) groups is 2. The molecule has 0 bridgehead atoms. The van der Waals surface area contributed by atoms with Crippen molar-refractivity contribution in [1.82, 2.24) is 0 Å². The minimum atomic E-state index is -0.785. The van der Waals surface area contributed by atoms with Gasteiger partial charge in [-0.15, -0.1) is 0 Å². The second kappa shape index (κ2) is 9.83. The number of hydrogen-bond donors (Lipinski definition) is 2. The molecule has 1 atom stereocenters. The number of methoxy groups -OCH3 is 1. The minimum Gasteiger partial charge on any atom is -0.467 e. The van der Waals surface area contributed by atoms with Crippen molar-refractivity contribution in [3.8, 4) is 0 Å². The van der Waals surface area contributed by atoms with E-state index >= 15 is 0 Å². The number of esters is 1. The van der Waals surface area contributed by atoms with Gasteiger partial charge in [-0.25, -0.2) is 9.59 Å². The molecule has 144 valence electrons. The Balaban J connectivity index is 2.15. The van der Waals surface area contributed by atoms with Crippen LogP contribution in [0.1, 0.15) is 25.5 Å². The van der Waals surface area contributed by atoms with E-state index in [1.165, 1.54) is 7.11 Å². The van der Waals surface area contributed by atoms with Crippen molar-refractivity contribution in [3.63, 3.8) is 0 Å². The number of ether oxygens (including phenoxy) is 2. The summed E-state index contributed by atoms with van der Waals surface area (Å²) in [5.74, 6) is -0.224. The van der Waals surface area contributed by atoms with Crippen LogP contribution < -0.4 is 10.6 Å². The molecule has 7 heteroatoms. The van der Waals surface area contributed by atoms with Gasteiger partial charge in [-0.2, -0.15) is 0 Å². The third-order valence-corrected chi connectivity index (χ3v) is 3.97. The normalized spacial score (nSPS) is 11.6. The van der Waals surface area contributed by atoms with Crippen LogP contribution in [0.4, 0.5) is 16.2 Å². The Morgan fingerprint density at radius 2 is 1.78 bits per heavy atom. The maximum atomic E-state index is 12.2. The zero-order valence-corrected chi connectivity index (χ0v) is 16.2. The molecule has 27 heavy (non-hydrogen) atoms. The van der Waals surface area contributed by atoms with Crippen LogP contribution in [0.2, 0.25) is 5.02 Å². The van der Waals surface area contributed by atoms with Crippen LogP contribution in [-0.2, 0) is 14.3 Å². The first-order valence-electron chi connectivity index (χ1n) is 8.53. The fourth-order valence-corrected chi connectivity index (χ4v) is 2.59. The van der Waals surface area contributed by atoms with Crippen LogP contribution in [0.5, 0.6) is 0 Å². The highest BCUT2D eigenvalue weighted by molar-refractivity contribution is 6.31. The Bertz CT molecular complexity index is 795. The topological polar surface area (TPSA) is 76.7 Å². The molecule has 0 fully saturated rings. The number of hydrogen-bond acceptors (Lipinski definition) is 5. The van der Waals surface area contributed by atoms with Gasteiger partial charge in [-0.1, -0.05) is 49.7 Å². The summed E-state index contributed by atoms with van der Waals surface area (Å²) in [6.45, 7) is 4.25. The molecule has 6 nitrogen and oxygen atoms in total. The molecule has 0 saturated carbocycles. The third-order valence-electron chi connectivity index (χ3n) is 3.62. The molecule has 2 aromatic carbocycles. The number of carbonyl (C=O) groups excluding carboxylic acids is 2. The van der Waals surface area contributed by atoms with E-state index in [1.54, 1.807) is 48.5 Å². The zero-order chi connectivity index (χ0) is 19.8. The molecule has 0 aliphatic rings. The molecule has 1 unspecified atom stereocenters. The number of halogens is 1. The fraction of sp³-hybridized carbons (Fsp3) is 0.300. The Morgan fingerprint density at radius 1 is 1.07 bits per heavy atom. The molecule has 0 aromatic heterocycles. The summed E-state index contributed by atoms with van der Waals surface area (Å²) in [6.07, 6.45) is -0.531. The summed E-state index contributed by atoms with van der Waals surface area (Å²) in [6, 6.07) is 13.2. The summed E-state index contributed by atoms with van der Waals surface area (Å²) in [4.78, 5) is 24.1. The van der Waals surface area contributed by atoms with E-state index in [2.05, 4.69) is 10.6 Å². The minimum absolute atomic E-state index is 0.250. The molecule has 2 rings (SSSR count). The smallest absolute Gasteiger partial charge is 0.411 e. The van der Waals surface area contributed by atoms with E-state index in [9.17, 15) is 9.59 Å². The summed E-state index contributed by atoms with van der Waals surface area (Å²) in [5.41, 5.74) is 1.75. The zero-order valence-electron chi connectivity index (χ0n) is 15.5. The Kier molecular flexibility index (Phi) is 7.49. The van der Waals surface area contributed by atoms with Crippen LogP contribution in [0.25, 0.3) is 0 Å². The average molecular weight is 391 g/mol. The SMILES string of the molecule is COC(=O)C(Nc1cccc(NC(=O)OCC(C)C)c1)c1ccccc1Cl. The molecule has 2 N–H and O–H groups in total. The lowest BCUT2D eigenvalue weighted by Gasteiger charge is -2.19. The average Bonchev–Trinajstić information content (AvgIpc) is 2.65. The second-order valence-corrected chi connectivity index (χ2v) is 6.73.